The Bertz CT molecular complexity index is 212. The summed E-state index contributed by atoms with van der Waals surface area (Å²) in [4.78, 5) is 10.7. The molecule has 0 saturated carbocycles. The summed E-state index contributed by atoms with van der Waals surface area (Å²) in [5.41, 5.74) is 0. The normalized spacial score (nSPS) is 32.2. The molecule has 2 N–H and O–H groups in total. The Balaban J connectivity index is 2.02. The van der Waals surface area contributed by atoms with Crippen LogP contribution in [0.3, 0.4) is 0 Å². The van der Waals surface area contributed by atoms with Crippen LogP contribution in [-0.2, 0) is 14.3 Å². The van der Waals surface area contributed by atoms with Crippen molar-refractivity contribution in [1.29, 1.82) is 0 Å². The van der Waals surface area contributed by atoms with E-state index in [9.17, 15) is 4.79 Å². The molecule has 0 aliphatic carbocycles. The predicted molar refractivity (Wildman–Crippen MR) is 43.3 cm³/mol. The molecular formula is C8H13NO4. The molecule has 0 radical (unpaired) electrons. The molecule has 0 aromatic rings. The number of ether oxygens (including phenoxy) is 2. The molecule has 13 heavy (non-hydrogen) atoms. The molecule has 5 nitrogen and oxygen atoms in total. The second kappa shape index (κ2) is 3.25. The maximum atomic E-state index is 10.7. The van der Waals surface area contributed by atoms with E-state index in [0.29, 0.717) is 26.2 Å². The fraction of sp³-hybridized carbons (Fsp3) is 0.875. The van der Waals surface area contributed by atoms with E-state index in [2.05, 4.69) is 5.32 Å². The van der Waals surface area contributed by atoms with E-state index >= 15 is 0 Å². The van der Waals surface area contributed by atoms with Gasteiger partial charge in [0.05, 0.1) is 13.2 Å². The predicted octanol–water partition coefficient (Wildman–Crippen LogP) is -0.434. The van der Waals surface area contributed by atoms with Crippen molar-refractivity contribution in [3.63, 3.8) is 0 Å². The van der Waals surface area contributed by atoms with E-state index in [0.717, 1.165) is 6.42 Å². The number of rotatable bonds is 1. The molecule has 2 aliphatic heterocycles. The minimum absolute atomic E-state index is 0.405. The van der Waals surface area contributed by atoms with E-state index < -0.39 is 17.8 Å². The first-order chi connectivity index (χ1) is 6.22. The number of nitrogens with one attached hydrogen (secondary N) is 1. The number of hydrogen-bond acceptors (Lipinski definition) is 4. The lowest BCUT2D eigenvalue weighted by atomic mass is 9.98. The Morgan fingerprint density at radius 2 is 2.15 bits per heavy atom. The molecule has 1 atom stereocenters. The van der Waals surface area contributed by atoms with Crippen LogP contribution in [0, 0.1) is 0 Å². The van der Waals surface area contributed by atoms with Gasteiger partial charge in [0.1, 0.15) is 6.04 Å². The van der Waals surface area contributed by atoms with Gasteiger partial charge in [-0.3, -0.25) is 4.79 Å². The second-order valence-corrected chi connectivity index (χ2v) is 3.41. The first-order valence-corrected chi connectivity index (χ1v) is 4.46. The third-order valence-corrected chi connectivity index (χ3v) is 2.52. The van der Waals surface area contributed by atoms with Gasteiger partial charge in [0, 0.05) is 19.4 Å². The SMILES string of the molecule is O=C(O)[C@H]1CC2(CCN1)OCCO2. The van der Waals surface area contributed by atoms with Crippen molar-refractivity contribution in [2.24, 2.45) is 0 Å². The maximum Gasteiger partial charge on any atom is 0.320 e. The van der Waals surface area contributed by atoms with Crippen LogP contribution in [0.1, 0.15) is 12.8 Å². The van der Waals surface area contributed by atoms with Gasteiger partial charge in [-0.2, -0.15) is 0 Å². The fourth-order valence-electron chi connectivity index (χ4n) is 1.86. The number of carboxylic acids is 1. The third-order valence-electron chi connectivity index (χ3n) is 2.52. The highest BCUT2D eigenvalue weighted by Gasteiger charge is 2.43. The molecule has 0 bridgehead atoms. The van der Waals surface area contributed by atoms with Crippen molar-refractivity contribution in [3.8, 4) is 0 Å². The molecule has 0 unspecified atom stereocenters. The van der Waals surface area contributed by atoms with Gasteiger partial charge >= 0.3 is 5.97 Å². The van der Waals surface area contributed by atoms with Crippen LogP contribution in [0.4, 0.5) is 0 Å². The van der Waals surface area contributed by atoms with Gasteiger partial charge in [0.2, 0.25) is 0 Å². The zero-order valence-corrected chi connectivity index (χ0v) is 7.28. The highest BCUT2D eigenvalue weighted by Crippen LogP contribution is 2.30. The quantitative estimate of drug-likeness (QED) is 0.583. The van der Waals surface area contributed by atoms with E-state index in [4.69, 9.17) is 14.6 Å². The Morgan fingerprint density at radius 3 is 2.77 bits per heavy atom. The minimum Gasteiger partial charge on any atom is -0.480 e. The highest BCUT2D eigenvalue weighted by atomic mass is 16.7. The Labute approximate surface area is 76.0 Å². The number of piperidine rings is 1. The van der Waals surface area contributed by atoms with Crippen LogP contribution in [0.2, 0.25) is 0 Å². The van der Waals surface area contributed by atoms with Crippen molar-refractivity contribution in [3.05, 3.63) is 0 Å². The van der Waals surface area contributed by atoms with Crippen LogP contribution in [-0.4, -0.2) is 42.7 Å². The first-order valence-electron chi connectivity index (χ1n) is 4.46. The molecule has 1 spiro atoms. The van der Waals surface area contributed by atoms with E-state index in [-0.39, 0.29) is 0 Å². The van der Waals surface area contributed by atoms with Gasteiger partial charge < -0.3 is 19.9 Å². The van der Waals surface area contributed by atoms with Crippen molar-refractivity contribution >= 4 is 5.97 Å². The van der Waals surface area contributed by atoms with Gasteiger partial charge in [-0.25, -0.2) is 0 Å². The van der Waals surface area contributed by atoms with Crippen LogP contribution < -0.4 is 5.32 Å². The molecule has 0 aromatic heterocycles. The lowest BCUT2D eigenvalue weighted by Gasteiger charge is -2.35. The van der Waals surface area contributed by atoms with E-state index in [1.807, 2.05) is 0 Å². The molecular weight excluding hydrogens is 174 g/mol. The highest BCUT2D eigenvalue weighted by molar-refractivity contribution is 5.73. The summed E-state index contributed by atoms with van der Waals surface area (Å²) in [5, 5.41) is 11.7. The van der Waals surface area contributed by atoms with E-state index in [1.54, 1.807) is 0 Å². The Morgan fingerprint density at radius 1 is 1.46 bits per heavy atom. The zero-order chi connectivity index (χ0) is 9.31. The molecule has 0 amide bonds. The van der Waals surface area contributed by atoms with Crippen molar-refractivity contribution in [2.75, 3.05) is 19.8 Å². The number of hydrogen-bond donors (Lipinski definition) is 2. The second-order valence-electron chi connectivity index (χ2n) is 3.41. The molecule has 2 fully saturated rings. The lowest BCUT2D eigenvalue weighted by Crippen LogP contribution is -2.52. The molecule has 2 heterocycles. The largest absolute Gasteiger partial charge is 0.480 e. The maximum absolute atomic E-state index is 10.7. The van der Waals surface area contributed by atoms with Gasteiger partial charge in [0.25, 0.3) is 0 Å². The average molecular weight is 187 g/mol. The Kier molecular flexibility index (Phi) is 2.23. The van der Waals surface area contributed by atoms with Crippen LogP contribution in [0.5, 0.6) is 0 Å². The lowest BCUT2D eigenvalue weighted by molar-refractivity contribution is -0.186. The van der Waals surface area contributed by atoms with E-state index in [1.165, 1.54) is 0 Å². The van der Waals surface area contributed by atoms with Crippen LogP contribution in [0.25, 0.3) is 0 Å². The summed E-state index contributed by atoms with van der Waals surface area (Å²) in [6.07, 6.45) is 1.14. The standard InChI is InChI=1S/C8H13NO4/c10-7(11)6-5-8(1-2-9-6)12-3-4-13-8/h6,9H,1-5H2,(H,10,11)/t6-/m1/s1. The van der Waals surface area contributed by atoms with Gasteiger partial charge in [0.15, 0.2) is 5.79 Å². The fourth-order valence-corrected chi connectivity index (χ4v) is 1.86. The summed E-state index contributed by atoms with van der Waals surface area (Å²) in [6, 6.07) is -0.535. The summed E-state index contributed by atoms with van der Waals surface area (Å²) in [6.45, 7) is 1.79. The van der Waals surface area contributed by atoms with Crippen molar-refractivity contribution in [1.82, 2.24) is 5.32 Å². The molecule has 2 rings (SSSR count). The number of carboxylic acid groups (broad SMARTS) is 1. The summed E-state index contributed by atoms with van der Waals surface area (Å²) >= 11 is 0. The van der Waals surface area contributed by atoms with Gasteiger partial charge in [-0.05, 0) is 0 Å². The monoisotopic (exact) mass is 187 g/mol. The zero-order valence-electron chi connectivity index (χ0n) is 7.28. The third kappa shape index (κ3) is 1.67. The smallest absolute Gasteiger partial charge is 0.320 e. The summed E-state index contributed by atoms with van der Waals surface area (Å²) in [7, 11) is 0. The molecule has 2 aliphatic rings. The Hall–Kier alpha value is -0.650. The van der Waals surface area contributed by atoms with Gasteiger partial charge in [-0.15, -0.1) is 0 Å². The van der Waals surface area contributed by atoms with Crippen LogP contribution >= 0.6 is 0 Å². The molecule has 5 heteroatoms. The average Bonchev–Trinajstić information content (AvgIpc) is 2.53. The molecule has 74 valence electrons. The summed E-state index contributed by atoms with van der Waals surface area (Å²) < 4.78 is 10.9. The number of carbonyl (C=O) groups is 1. The molecule has 0 aromatic carbocycles. The van der Waals surface area contributed by atoms with Crippen molar-refractivity contribution < 1.29 is 19.4 Å². The topological polar surface area (TPSA) is 67.8 Å². The summed E-state index contributed by atoms with van der Waals surface area (Å²) in [5.74, 6) is -1.45. The minimum atomic E-state index is -0.835. The van der Waals surface area contributed by atoms with Crippen LogP contribution in [0.15, 0.2) is 0 Å². The number of aliphatic carboxylic acids is 1. The molecule has 2 saturated heterocycles. The first kappa shape index (κ1) is 8.93. The van der Waals surface area contributed by atoms with Crippen molar-refractivity contribution in [2.45, 2.75) is 24.7 Å². The van der Waals surface area contributed by atoms with Gasteiger partial charge in [-0.1, -0.05) is 0 Å².